The van der Waals surface area contributed by atoms with Crippen LogP contribution in [0.1, 0.15) is 24.8 Å². The molecule has 0 aliphatic carbocycles. The molecule has 0 unspecified atom stereocenters. The lowest BCUT2D eigenvalue weighted by Gasteiger charge is -2.22. The number of hydrogen-bond acceptors (Lipinski definition) is 4. The number of likely N-dealkylation sites (tertiary alicyclic amines) is 1. The van der Waals surface area contributed by atoms with Crippen LogP contribution in [0.3, 0.4) is 0 Å². The number of sulfonamides is 1. The highest BCUT2D eigenvalue weighted by Crippen LogP contribution is 2.18. The van der Waals surface area contributed by atoms with E-state index in [1.807, 2.05) is 29.2 Å². The summed E-state index contributed by atoms with van der Waals surface area (Å²) in [6.45, 7) is 2.15. The van der Waals surface area contributed by atoms with E-state index in [-0.39, 0.29) is 18.9 Å². The topological polar surface area (TPSA) is 66.9 Å². The molecule has 0 aromatic heterocycles. The number of hydrogen-bond donors (Lipinski definition) is 0. The molecule has 2 rings (SSSR count). The highest BCUT2D eigenvalue weighted by atomic mass is 32.2. The fourth-order valence-corrected chi connectivity index (χ4v) is 3.79. The van der Waals surface area contributed by atoms with Gasteiger partial charge in [-0.05, 0) is 30.9 Å². The van der Waals surface area contributed by atoms with Crippen LogP contribution in [0.25, 0.3) is 0 Å². The van der Waals surface area contributed by atoms with Crippen LogP contribution in [0.2, 0.25) is 0 Å². The van der Waals surface area contributed by atoms with Crippen molar-refractivity contribution in [2.24, 2.45) is 0 Å². The van der Waals surface area contributed by atoms with Crippen LogP contribution in [0.5, 0.6) is 5.75 Å². The monoisotopic (exact) mass is 354 g/mol. The van der Waals surface area contributed by atoms with E-state index < -0.39 is 10.0 Å². The molecule has 0 bridgehead atoms. The summed E-state index contributed by atoms with van der Waals surface area (Å²) in [5.74, 6) is 0.789. The number of nitrogens with zero attached hydrogens (tertiary/aromatic N) is 2. The van der Waals surface area contributed by atoms with Crippen LogP contribution in [-0.4, -0.2) is 63.1 Å². The van der Waals surface area contributed by atoms with Crippen molar-refractivity contribution in [1.29, 1.82) is 0 Å². The van der Waals surface area contributed by atoms with Gasteiger partial charge in [0.25, 0.3) is 0 Å². The largest absolute Gasteiger partial charge is 0.496 e. The summed E-state index contributed by atoms with van der Waals surface area (Å²) >= 11 is 0. The lowest BCUT2D eigenvalue weighted by molar-refractivity contribution is -0.130. The third kappa shape index (κ3) is 5.21. The minimum atomic E-state index is -3.35. The van der Waals surface area contributed by atoms with E-state index in [1.54, 1.807) is 7.11 Å². The predicted molar refractivity (Wildman–Crippen MR) is 93.5 cm³/mol. The fourth-order valence-electron chi connectivity index (χ4n) is 2.94. The average molecular weight is 354 g/mol. The van der Waals surface area contributed by atoms with E-state index in [4.69, 9.17) is 4.74 Å². The molecule has 1 amide bonds. The Hall–Kier alpha value is -1.60. The first-order chi connectivity index (χ1) is 11.4. The summed E-state index contributed by atoms with van der Waals surface area (Å²) in [6.07, 6.45) is 4.05. The van der Waals surface area contributed by atoms with Crippen LogP contribution in [-0.2, 0) is 21.2 Å². The Bertz CT molecular complexity index is 654. The van der Waals surface area contributed by atoms with E-state index in [0.717, 1.165) is 37.2 Å². The zero-order valence-corrected chi connectivity index (χ0v) is 15.2. The van der Waals surface area contributed by atoms with Crippen molar-refractivity contribution in [2.75, 3.05) is 39.5 Å². The Morgan fingerprint density at radius 3 is 2.50 bits per heavy atom. The second-order valence-electron chi connectivity index (χ2n) is 6.06. The molecular formula is C17H26N2O4S. The van der Waals surface area contributed by atoms with Crippen LogP contribution >= 0.6 is 0 Å². The van der Waals surface area contributed by atoms with E-state index in [2.05, 4.69) is 0 Å². The van der Waals surface area contributed by atoms with Crippen molar-refractivity contribution in [3.63, 3.8) is 0 Å². The Kier molecular flexibility index (Phi) is 6.62. The Morgan fingerprint density at radius 1 is 1.21 bits per heavy atom. The third-order valence-electron chi connectivity index (χ3n) is 4.33. The molecule has 6 nitrogen and oxygen atoms in total. The van der Waals surface area contributed by atoms with Crippen LogP contribution in [0.4, 0.5) is 0 Å². The number of amides is 1. The molecule has 0 spiro atoms. The molecule has 1 fully saturated rings. The van der Waals surface area contributed by atoms with Gasteiger partial charge in [0.1, 0.15) is 5.75 Å². The van der Waals surface area contributed by atoms with E-state index >= 15 is 0 Å². The SMILES string of the molecule is COc1ccccc1CCN(CCC(=O)N1CCCC1)S(C)(=O)=O. The zero-order valence-electron chi connectivity index (χ0n) is 14.4. The highest BCUT2D eigenvalue weighted by molar-refractivity contribution is 7.88. The summed E-state index contributed by atoms with van der Waals surface area (Å²) in [4.78, 5) is 14.0. The van der Waals surface area contributed by atoms with Gasteiger partial charge in [0, 0.05) is 32.6 Å². The van der Waals surface area contributed by atoms with E-state index in [1.165, 1.54) is 10.6 Å². The normalized spacial score (nSPS) is 15.0. The molecule has 0 radical (unpaired) electrons. The molecule has 0 N–H and O–H groups in total. The Balaban J connectivity index is 1.94. The third-order valence-corrected chi connectivity index (χ3v) is 5.63. The maximum atomic E-state index is 12.1. The van der Waals surface area contributed by atoms with Gasteiger partial charge < -0.3 is 9.64 Å². The Morgan fingerprint density at radius 2 is 1.88 bits per heavy atom. The fraction of sp³-hybridized carbons (Fsp3) is 0.588. The summed E-state index contributed by atoms with van der Waals surface area (Å²) in [5, 5.41) is 0. The molecule has 134 valence electrons. The van der Waals surface area contributed by atoms with Crippen LogP contribution in [0.15, 0.2) is 24.3 Å². The van der Waals surface area contributed by atoms with Gasteiger partial charge in [0.15, 0.2) is 0 Å². The maximum absolute atomic E-state index is 12.1. The smallest absolute Gasteiger partial charge is 0.223 e. The number of para-hydroxylation sites is 1. The van der Waals surface area contributed by atoms with Gasteiger partial charge in [0.05, 0.1) is 13.4 Å². The summed E-state index contributed by atoms with van der Waals surface area (Å²) in [6, 6.07) is 7.57. The van der Waals surface area contributed by atoms with Gasteiger partial charge >= 0.3 is 0 Å². The molecule has 1 aromatic rings. The molecule has 1 aliphatic heterocycles. The van der Waals surface area contributed by atoms with Crippen molar-refractivity contribution in [3.8, 4) is 5.75 Å². The van der Waals surface area contributed by atoms with Gasteiger partial charge in [0.2, 0.25) is 15.9 Å². The van der Waals surface area contributed by atoms with Gasteiger partial charge in [-0.2, -0.15) is 0 Å². The minimum absolute atomic E-state index is 0.0402. The van der Waals surface area contributed by atoms with E-state index in [9.17, 15) is 13.2 Å². The van der Waals surface area contributed by atoms with Crippen LogP contribution in [0, 0.1) is 0 Å². The maximum Gasteiger partial charge on any atom is 0.223 e. The number of rotatable bonds is 8. The summed E-state index contributed by atoms with van der Waals surface area (Å²) in [5.41, 5.74) is 0.958. The quantitative estimate of drug-likeness (QED) is 0.710. The van der Waals surface area contributed by atoms with Gasteiger partial charge in [-0.15, -0.1) is 0 Å². The van der Waals surface area contributed by atoms with Gasteiger partial charge in [-0.1, -0.05) is 18.2 Å². The van der Waals surface area contributed by atoms with Crippen molar-refractivity contribution >= 4 is 15.9 Å². The minimum Gasteiger partial charge on any atom is -0.496 e. The number of benzene rings is 1. The molecule has 24 heavy (non-hydrogen) atoms. The zero-order chi connectivity index (χ0) is 17.6. The number of carbonyl (C=O) groups excluding carboxylic acids is 1. The van der Waals surface area contributed by atoms with Gasteiger partial charge in [-0.25, -0.2) is 12.7 Å². The number of methoxy groups -OCH3 is 1. The van der Waals surface area contributed by atoms with Gasteiger partial charge in [-0.3, -0.25) is 4.79 Å². The molecule has 1 aromatic carbocycles. The predicted octanol–water partition coefficient (Wildman–Crippen LogP) is 1.51. The standard InChI is InChI=1S/C17H26N2O4S/c1-23-16-8-4-3-7-15(16)9-13-19(24(2,21)22)14-10-17(20)18-11-5-6-12-18/h3-4,7-8H,5-6,9-14H2,1-2H3. The van der Waals surface area contributed by atoms with Crippen molar-refractivity contribution in [1.82, 2.24) is 9.21 Å². The molecule has 1 heterocycles. The first kappa shape index (κ1) is 18.7. The summed E-state index contributed by atoms with van der Waals surface area (Å²) in [7, 11) is -1.75. The number of carbonyl (C=O) groups is 1. The molecule has 7 heteroatoms. The second-order valence-corrected chi connectivity index (χ2v) is 8.04. The van der Waals surface area contributed by atoms with Crippen molar-refractivity contribution < 1.29 is 17.9 Å². The van der Waals surface area contributed by atoms with Crippen molar-refractivity contribution in [3.05, 3.63) is 29.8 Å². The van der Waals surface area contributed by atoms with Crippen molar-refractivity contribution in [2.45, 2.75) is 25.7 Å². The molecule has 0 atom stereocenters. The second kappa shape index (κ2) is 8.48. The molecule has 1 aliphatic rings. The average Bonchev–Trinajstić information content (AvgIpc) is 3.08. The van der Waals surface area contributed by atoms with E-state index in [0.29, 0.717) is 13.0 Å². The number of ether oxygens (including phenoxy) is 1. The lowest BCUT2D eigenvalue weighted by atomic mass is 10.1. The first-order valence-corrected chi connectivity index (χ1v) is 10.1. The Labute approximate surface area is 144 Å². The lowest BCUT2D eigenvalue weighted by Crippen LogP contribution is -2.36. The summed E-state index contributed by atoms with van der Waals surface area (Å²) < 4.78 is 30.7. The molecule has 1 saturated heterocycles. The first-order valence-electron chi connectivity index (χ1n) is 8.26. The highest BCUT2D eigenvalue weighted by Gasteiger charge is 2.22. The molecule has 0 saturated carbocycles. The van der Waals surface area contributed by atoms with Crippen LogP contribution < -0.4 is 4.74 Å². The molecular weight excluding hydrogens is 328 g/mol.